The van der Waals surface area contributed by atoms with Crippen LogP contribution in [-0.2, 0) is 31.9 Å². The molecule has 0 aliphatic carbocycles. The van der Waals surface area contributed by atoms with Gasteiger partial charge in [-0.05, 0) is 44.9 Å². The number of methoxy groups -OCH3 is 1. The molecule has 0 aliphatic heterocycles. The van der Waals surface area contributed by atoms with Gasteiger partial charge in [0.15, 0.2) is 6.04 Å². The molecule has 0 aliphatic rings. The lowest BCUT2D eigenvalue weighted by atomic mass is 10.0. The third-order valence-electron chi connectivity index (χ3n) is 4.94. The second-order valence-corrected chi connectivity index (χ2v) is 8.84. The maximum absolute atomic E-state index is 13.2. The number of hydrogen-bond donors (Lipinski definition) is 2. The molecular formula is C26H34N2O7. The van der Waals surface area contributed by atoms with Gasteiger partial charge in [-0.2, -0.15) is 0 Å². The van der Waals surface area contributed by atoms with Gasteiger partial charge in [-0.25, -0.2) is 20.0 Å². The maximum atomic E-state index is 13.2. The van der Waals surface area contributed by atoms with Gasteiger partial charge >= 0.3 is 18.0 Å². The molecule has 2 aromatic carbocycles. The van der Waals surface area contributed by atoms with Gasteiger partial charge in [-0.1, -0.05) is 48.5 Å². The van der Waals surface area contributed by atoms with Gasteiger partial charge in [-0.15, -0.1) is 0 Å². The number of carboxylic acids is 1. The predicted octanol–water partition coefficient (Wildman–Crippen LogP) is 3.61. The molecule has 2 rings (SSSR count). The van der Waals surface area contributed by atoms with Crippen molar-refractivity contribution in [1.82, 2.24) is 10.4 Å². The minimum atomic E-state index is -1.27. The van der Waals surface area contributed by atoms with Crippen LogP contribution in [0, 0.1) is 0 Å². The van der Waals surface area contributed by atoms with E-state index in [1.54, 1.807) is 52.0 Å². The largest absolute Gasteiger partial charge is 0.496 e. The van der Waals surface area contributed by atoms with E-state index in [9.17, 15) is 19.5 Å². The number of rotatable bonds is 11. The summed E-state index contributed by atoms with van der Waals surface area (Å²) in [6.45, 7) is 6.80. The van der Waals surface area contributed by atoms with Crippen LogP contribution in [0.4, 0.5) is 4.79 Å². The molecule has 0 fully saturated rings. The van der Waals surface area contributed by atoms with Crippen LogP contribution < -0.4 is 10.2 Å². The van der Waals surface area contributed by atoms with Crippen molar-refractivity contribution in [2.24, 2.45) is 0 Å². The zero-order valence-electron chi connectivity index (χ0n) is 20.8. The maximum Gasteiger partial charge on any atom is 0.425 e. The molecule has 2 aromatic rings. The van der Waals surface area contributed by atoms with Gasteiger partial charge < -0.3 is 19.3 Å². The Morgan fingerprint density at radius 2 is 1.63 bits per heavy atom. The Morgan fingerprint density at radius 1 is 1.00 bits per heavy atom. The van der Waals surface area contributed by atoms with Crippen molar-refractivity contribution in [2.75, 3.05) is 13.7 Å². The van der Waals surface area contributed by atoms with Crippen LogP contribution >= 0.6 is 0 Å². The summed E-state index contributed by atoms with van der Waals surface area (Å²) in [6.07, 6.45) is -0.815. The quantitative estimate of drug-likeness (QED) is 0.366. The number of hydrogen-bond acceptors (Lipinski definition) is 7. The van der Waals surface area contributed by atoms with Gasteiger partial charge in [0.1, 0.15) is 17.4 Å². The van der Waals surface area contributed by atoms with Crippen LogP contribution in [0.2, 0.25) is 0 Å². The molecule has 0 aromatic heterocycles. The Kier molecular flexibility index (Phi) is 10.1. The average Bonchev–Trinajstić information content (AvgIpc) is 2.80. The molecule has 35 heavy (non-hydrogen) atoms. The molecule has 9 nitrogen and oxygen atoms in total. The van der Waals surface area contributed by atoms with E-state index in [-0.39, 0.29) is 19.4 Å². The van der Waals surface area contributed by atoms with E-state index in [4.69, 9.17) is 14.2 Å². The molecule has 0 spiro atoms. The zero-order chi connectivity index (χ0) is 26.0. The van der Waals surface area contributed by atoms with Gasteiger partial charge in [0.05, 0.1) is 13.7 Å². The monoisotopic (exact) mass is 486 g/mol. The summed E-state index contributed by atoms with van der Waals surface area (Å²) in [5, 5.41) is 10.9. The number of benzene rings is 2. The van der Waals surface area contributed by atoms with Crippen molar-refractivity contribution in [3.63, 3.8) is 0 Å². The van der Waals surface area contributed by atoms with E-state index in [1.165, 1.54) is 7.11 Å². The molecular weight excluding hydrogens is 452 g/mol. The van der Waals surface area contributed by atoms with Crippen molar-refractivity contribution in [3.05, 3.63) is 65.7 Å². The van der Waals surface area contributed by atoms with Gasteiger partial charge in [-0.3, -0.25) is 4.79 Å². The van der Waals surface area contributed by atoms with Gasteiger partial charge in [0.25, 0.3) is 0 Å². The summed E-state index contributed by atoms with van der Waals surface area (Å²) < 4.78 is 16.1. The molecule has 0 radical (unpaired) electrons. The van der Waals surface area contributed by atoms with Crippen LogP contribution in [0.3, 0.4) is 0 Å². The highest BCUT2D eigenvalue weighted by atomic mass is 16.6. The standard InChI is InChI=1S/C26H34N2O7/c1-6-34-24(31)21(16-18-12-8-7-9-13-18)28(25(32)35-26(2,3)4)27-20(23(29)30)17-19-14-10-11-15-22(19)33-5/h7-15,20-21,27H,6,16-17H2,1-5H3,(H,29,30)/t20-,21-/m0/s1. The smallest absolute Gasteiger partial charge is 0.425 e. The molecule has 0 unspecified atom stereocenters. The lowest BCUT2D eigenvalue weighted by Gasteiger charge is -2.34. The Hall–Kier alpha value is -3.59. The number of nitrogens with zero attached hydrogens (tertiary/aromatic N) is 1. The van der Waals surface area contributed by atoms with Crippen LogP contribution in [0.25, 0.3) is 0 Å². The van der Waals surface area contributed by atoms with Gasteiger partial charge in [0.2, 0.25) is 0 Å². The number of nitrogens with one attached hydrogen (secondary N) is 1. The first kappa shape index (κ1) is 27.7. The van der Waals surface area contributed by atoms with E-state index in [2.05, 4.69) is 5.43 Å². The lowest BCUT2D eigenvalue weighted by molar-refractivity contribution is -0.153. The van der Waals surface area contributed by atoms with E-state index in [0.29, 0.717) is 11.3 Å². The van der Waals surface area contributed by atoms with Gasteiger partial charge in [0, 0.05) is 12.8 Å². The number of amides is 1. The van der Waals surface area contributed by atoms with E-state index in [1.807, 2.05) is 30.3 Å². The first-order valence-corrected chi connectivity index (χ1v) is 11.4. The fourth-order valence-electron chi connectivity index (χ4n) is 3.38. The molecule has 2 N–H and O–H groups in total. The highest BCUT2D eigenvalue weighted by molar-refractivity contribution is 5.82. The third kappa shape index (κ3) is 8.60. The summed E-state index contributed by atoms with van der Waals surface area (Å²) in [4.78, 5) is 38.5. The fraction of sp³-hybridized carbons (Fsp3) is 0.423. The number of hydrazine groups is 1. The zero-order valence-corrected chi connectivity index (χ0v) is 20.8. The Balaban J connectivity index is 2.46. The lowest BCUT2D eigenvalue weighted by Crippen LogP contribution is -2.60. The second kappa shape index (κ2) is 12.8. The molecule has 0 saturated carbocycles. The SMILES string of the molecule is CCOC(=O)[C@H](Cc1ccccc1)N(N[C@@H](Cc1ccccc1OC)C(=O)O)C(=O)OC(C)(C)C. The number of ether oxygens (including phenoxy) is 3. The minimum Gasteiger partial charge on any atom is -0.496 e. The van der Waals surface area contributed by atoms with Crippen molar-refractivity contribution in [1.29, 1.82) is 0 Å². The number of carbonyl (C=O) groups excluding carboxylic acids is 2. The molecule has 0 heterocycles. The Morgan fingerprint density at radius 3 is 2.20 bits per heavy atom. The normalized spacial score (nSPS) is 12.8. The highest BCUT2D eigenvalue weighted by Gasteiger charge is 2.37. The number of aliphatic carboxylic acids is 1. The first-order chi connectivity index (χ1) is 16.6. The van der Waals surface area contributed by atoms with E-state index >= 15 is 0 Å². The molecule has 0 bridgehead atoms. The second-order valence-electron chi connectivity index (χ2n) is 8.84. The minimum absolute atomic E-state index is 0.0144. The predicted molar refractivity (Wildman–Crippen MR) is 130 cm³/mol. The summed E-state index contributed by atoms with van der Waals surface area (Å²) in [6, 6.07) is 13.6. The number of para-hydroxylation sites is 1. The summed E-state index contributed by atoms with van der Waals surface area (Å²) in [7, 11) is 1.49. The van der Waals surface area contributed by atoms with Crippen LogP contribution in [0.15, 0.2) is 54.6 Å². The number of carbonyl (C=O) groups is 3. The fourth-order valence-corrected chi connectivity index (χ4v) is 3.38. The molecule has 190 valence electrons. The summed E-state index contributed by atoms with van der Waals surface area (Å²) in [5.41, 5.74) is 3.24. The van der Waals surface area contributed by atoms with Crippen LogP contribution in [0.1, 0.15) is 38.8 Å². The number of carboxylic acid groups (broad SMARTS) is 1. The highest BCUT2D eigenvalue weighted by Crippen LogP contribution is 2.21. The number of esters is 1. The first-order valence-electron chi connectivity index (χ1n) is 11.4. The third-order valence-corrected chi connectivity index (χ3v) is 4.94. The van der Waals surface area contributed by atoms with Crippen molar-refractivity contribution >= 4 is 18.0 Å². The average molecular weight is 487 g/mol. The van der Waals surface area contributed by atoms with Crippen molar-refractivity contribution in [2.45, 2.75) is 58.2 Å². The topological polar surface area (TPSA) is 114 Å². The molecule has 9 heteroatoms. The molecule has 1 amide bonds. The van der Waals surface area contributed by atoms with Crippen LogP contribution in [-0.4, -0.2) is 59.5 Å². The van der Waals surface area contributed by atoms with Crippen molar-refractivity contribution in [3.8, 4) is 5.75 Å². The van der Waals surface area contributed by atoms with Crippen LogP contribution in [0.5, 0.6) is 5.75 Å². The van der Waals surface area contributed by atoms with Crippen molar-refractivity contribution < 1.29 is 33.7 Å². The Bertz CT molecular complexity index is 989. The summed E-state index contributed by atoms with van der Waals surface area (Å²) >= 11 is 0. The van der Waals surface area contributed by atoms with E-state index in [0.717, 1.165) is 10.6 Å². The summed E-state index contributed by atoms with van der Waals surface area (Å²) in [5.74, 6) is -1.39. The van der Waals surface area contributed by atoms with E-state index < -0.39 is 35.7 Å². The molecule has 2 atom stereocenters. The molecule has 0 saturated heterocycles. The Labute approximate surface area is 205 Å².